The molecule has 0 bridgehead atoms. The number of rotatable bonds is 2. The Morgan fingerprint density at radius 3 is 2.95 bits per heavy atom. The lowest BCUT2D eigenvalue weighted by molar-refractivity contribution is 0.0699. The Hall–Kier alpha value is -1.03. The fourth-order valence-corrected chi connectivity index (χ4v) is 3.26. The first kappa shape index (κ1) is 14.4. The summed E-state index contributed by atoms with van der Waals surface area (Å²) in [7, 11) is 0. The average molecular weight is 326 g/mol. The zero-order valence-corrected chi connectivity index (χ0v) is 12.8. The fraction of sp³-hybridized carbons (Fsp3) is 0.533. The first-order valence-corrected chi connectivity index (χ1v) is 7.93. The number of hydrogen-bond acceptors (Lipinski definition) is 2. The van der Waals surface area contributed by atoms with Crippen molar-refractivity contribution >= 4 is 21.8 Å². The van der Waals surface area contributed by atoms with Gasteiger partial charge in [0.2, 0.25) is 0 Å². The number of halogens is 1. The predicted octanol–water partition coefficient (Wildman–Crippen LogP) is 3.48. The molecule has 0 radical (unpaired) electrons. The molecular formula is C15H20BrNO2. The first-order valence-electron chi connectivity index (χ1n) is 6.80. The van der Waals surface area contributed by atoms with Crippen molar-refractivity contribution in [3.05, 3.63) is 29.3 Å². The Bertz CT molecular complexity index is 461. The summed E-state index contributed by atoms with van der Waals surface area (Å²) in [4.78, 5) is 14.6. The third kappa shape index (κ3) is 3.11. The van der Waals surface area contributed by atoms with Crippen LogP contribution in [0.5, 0.6) is 5.75 Å². The average Bonchev–Trinajstić information content (AvgIpc) is 2.66. The second-order valence-electron chi connectivity index (χ2n) is 5.13. The van der Waals surface area contributed by atoms with Crippen LogP contribution in [-0.2, 0) is 0 Å². The first-order chi connectivity index (χ1) is 9.15. The Labute approximate surface area is 122 Å². The number of hydrogen-bond donors (Lipinski definition) is 1. The molecule has 1 amide bonds. The monoisotopic (exact) mass is 325 g/mol. The lowest BCUT2D eigenvalue weighted by Crippen LogP contribution is -2.41. The van der Waals surface area contributed by atoms with E-state index in [4.69, 9.17) is 0 Å². The maximum absolute atomic E-state index is 12.6. The van der Waals surface area contributed by atoms with E-state index in [0.29, 0.717) is 5.56 Å². The summed E-state index contributed by atoms with van der Waals surface area (Å²) in [6.45, 7) is 2.60. The largest absolute Gasteiger partial charge is 0.507 e. The van der Waals surface area contributed by atoms with Gasteiger partial charge in [0.1, 0.15) is 5.75 Å². The molecule has 0 aliphatic carbocycles. The molecule has 1 saturated heterocycles. The number of phenolic OH excluding ortho intramolecular Hbond substituents is 1. The van der Waals surface area contributed by atoms with E-state index < -0.39 is 0 Å². The van der Waals surface area contributed by atoms with Crippen LogP contribution in [0.2, 0.25) is 0 Å². The van der Waals surface area contributed by atoms with Gasteiger partial charge in [-0.3, -0.25) is 4.79 Å². The highest BCUT2D eigenvalue weighted by atomic mass is 79.9. The van der Waals surface area contributed by atoms with Crippen LogP contribution in [0, 0.1) is 6.92 Å². The van der Waals surface area contributed by atoms with E-state index >= 15 is 0 Å². The molecule has 0 aromatic heterocycles. The number of nitrogens with zero attached hydrogens (tertiary/aromatic N) is 1. The molecule has 0 saturated carbocycles. The zero-order valence-electron chi connectivity index (χ0n) is 11.2. The second kappa shape index (κ2) is 6.42. The molecule has 1 unspecified atom stereocenters. The van der Waals surface area contributed by atoms with Gasteiger partial charge in [-0.1, -0.05) is 40.9 Å². The van der Waals surface area contributed by atoms with Gasteiger partial charge in [-0.2, -0.15) is 0 Å². The predicted molar refractivity (Wildman–Crippen MR) is 79.9 cm³/mol. The Balaban J connectivity index is 2.28. The quantitative estimate of drug-likeness (QED) is 0.845. The van der Waals surface area contributed by atoms with Crippen LogP contribution in [0.25, 0.3) is 0 Å². The summed E-state index contributed by atoms with van der Waals surface area (Å²) in [6, 6.07) is 5.58. The Morgan fingerprint density at radius 2 is 2.21 bits per heavy atom. The highest BCUT2D eigenvalue weighted by Gasteiger charge is 2.27. The minimum atomic E-state index is -0.0486. The number of carbonyl (C=O) groups is 1. The van der Waals surface area contributed by atoms with Gasteiger partial charge in [-0.25, -0.2) is 0 Å². The molecule has 1 N–H and O–H groups in total. The molecule has 3 nitrogen and oxygen atoms in total. The van der Waals surface area contributed by atoms with Gasteiger partial charge >= 0.3 is 0 Å². The number of amides is 1. The van der Waals surface area contributed by atoms with Crippen molar-refractivity contribution in [1.29, 1.82) is 0 Å². The molecule has 1 atom stereocenters. The molecule has 0 spiro atoms. The van der Waals surface area contributed by atoms with Gasteiger partial charge in [0.15, 0.2) is 0 Å². The zero-order chi connectivity index (χ0) is 13.8. The highest BCUT2D eigenvalue weighted by molar-refractivity contribution is 9.09. The minimum Gasteiger partial charge on any atom is -0.507 e. The van der Waals surface area contributed by atoms with E-state index in [1.165, 1.54) is 12.8 Å². The summed E-state index contributed by atoms with van der Waals surface area (Å²) >= 11 is 3.50. The van der Waals surface area contributed by atoms with Crippen molar-refractivity contribution in [3.8, 4) is 5.75 Å². The Morgan fingerprint density at radius 1 is 1.42 bits per heavy atom. The molecule has 1 aliphatic heterocycles. The van der Waals surface area contributed by atoms with E-state index in [2.05, 4.69) is 15.9 Å². The Kier molecular flexibility index (Phi) is 4.86. The summed E-state index contributed by atoms with van der Waals surface area (Å²) in [5, 5.41) is 10.9. The summed E-state index contributed by atoms with van der Waals surface area (Å²) < 4.78 is 0. The van der Waals surface area contributed by atoms with Crippen molar-refractivity contribution in [3.63, 3.8) is 0 Å². The third-order valence-corrected chi connectivity index (χ3v) is 4.53. The topological polar surface area (TPSA) is 40.5 Å². The van der Waals surface area contributed by atoms with Crippen LogP contribution in [0.1, 0.15) is 41.6 Å². The molecule has 19 heavy (non-hydrogen) atoms. The highest BCUT2D eigenvalue weighted by Crippen LogP contribution is 2.26. The van der Waals surface area contributed by atoms with E-state index in [1.54, 1.807) is 6.07 Å². The van der Waals surface area contributed by atoms with Gasteiger partial charge in [-0.05, 0) is 31.4 Å². The van der Waals surface area contributed by atoms with Crippen LogP contribution in [0.3, 0.4) is 0 Å². The molecule has 4 heteroatoms. The van der Waals surface area contributed by atoms with Crippen LogP contribution in [-0.4, -0.2) is 33.8 Å². The molecule has 104 valence electrons. The van der Waals surface area contributed by atoms with Gasteiger partial charge in [0.25, 0.3) is 5.91 Å². The standard InChI is InChI=1S/C15H20BrNO2/c1-11-6-5-8-13(14(11)18)15(19)17-9-4-2-3-7-12(17)10-16/h5-6,8,12,18H,2-4,7,9-10H2,1H3. The van der Waals surface area contributed by atoms with Crippen LogP contribution in [0.15, 0.2) is 18.2 Å². The molecule has 1 aromatic carbocycles. The van der Waals surface area contributed by atoms with E-state index in [0.717, 1.165) is 30.3 Å². The number of aromatic hydroxyl groups is 1. The number of likely N-dealkylation sites (tertiary alicyclic amines) is 1. The second-order valence-corrected chi connectivity index (χ2v) is 5.77. The molecule has 2 rings (SSSR count). The van der Waals surface area contributed by atoms with Gasteiger partial charge in [0, 0.05) is 17.9 Å². The van der Waals surface area contributed by atoms with Gasteiger partial charge < -0.3 is 10.0 Å². The maximum atomic E-state index is 12.6. The molecule has 1 heterocycles. The third-order valence-electron chi connectivity index (χ3n) is 3.78. The van der Waals surface area contributed by atoms with Crippen LogP contribution >= 0.6 is 15.9 Å². The van der Waals surface area contributed by atoms with Crippen LogP contribution in [0.4, 0.5) is 0 Å². The molecule has 1 aromatic rings. The van der Waals surface area contributed by atoms with Crippen molar-refractivity contribution in [1.82, 2.24) is 4.90 Å². The number of benzene rings is 1. The fourth-order valence-electron chi connectivity index (χ4n) is 2.59. The van der Waals surface area contributed by atoms with Crippen molar-refractivity contribution in [2.24, 2.45) is 0 Å². The number of para-hydroxylation sites is 1. The lowest BCUT2D eigenvalue weighted by atomic mass is 10.1. The molecule has 1 aliphatic rings. The van der Waals surface area contributed by atoms with E-state index in [-0.39, 0.29) is 17.7 Å². The summed E-state index contributed by atoms with van der Waals surface area (Å²) in [5.41, 5.74) is 1.17. The minimum absolute atomic E-state index is 0.0486. The van der Waals surface area contributed by atoms with E-state index in [9.17, 15) is 9.90 Å². The number of phenols is 1. The van der Waals surface area contributed by atoms with Gasteiger partial charge in [-0.15, -0.1) is 0 Å². The van der Waals surface area contributed by atoms with Gasteiger partial charge in [0.05, 0.1) is 5.56 Å². The van der Waals surface area contributed by atoms with Crippen molar-refractivity contribution < 1.29 is 9.90 Å². The molecule has 1 fully saturated rings. The number of aryl methyl sites for hydroxylation is 1. The van der Waals surface area contributed by atoms with E-state index in [1.807, 2.05) is 24.0 Å². The summed E-state index contributed by atoms with van der Waals surface area (Å²) in [5.74, 6) is 0.0672. The van der Waals surface area contributed by atoms with Crippen molar-refractivity contribution in [2.45, 2.75) is 38.6 Å². The maximum Gasteiger partial charge on any atom is 0.257 e. The van der Waals surface area contributed by atoms with Crippen molar-refractivity contribution in [2.75, 3.05) is 11.9 Å². The normalized spacial score (nSPS) is 20.1. The lowest BCUT2D eigenvalue weighted by Gasteiger charge is -2.29. The summed E-state index contributed by atoms with van der Waals surface area (Å²) in [6.07, 6.45) is 4.41. The van der Waals surface area contributed by atoms with Crippen LogP contribution < -0.4 is 0 Å². The smallest absolute Gasteiger partial charge is 0.257 e. The SMILES string of the molecule is Cc1cccc(C(=O)N2CCCCCC2CBr)c1O. The number of alkyl halides is 1. The number of carbonyl (C=O) groups excluding carboxylic acids is 1. The molecular weight excluding hydrogens is 306 g/mol.